The summed E-state index contributed by atoms with van der Waals surface area (Å²) in [6.45, 7) is 6.34. The average molecular weight is 386 g/mol. The van der Waals surface area contributed by atoms with Crippen LogP contribution in [-0.4, -0.2) is 30.5 Å². The molecule has 29 heavy (non-hydrogen) atoms. The summed E-state index contributed by atoms with van der Waals surface area (Å²) in [6.07, 6.45) is 4.73. The zero-order valence-electron chi connectivity index (χ0n) is 17.0. The minimum absolute atomic E-state index is 0.699. The normalized spacial score (nSPS) is 14.5. The number of nitrogens with one attached hydrogen (secondary N) is 2. The lowest BCUT2D eigenvalue weighted by molar-refractivity contribution is 0.313. The number of anilines is 1. The number of benzene rings is 2. The zero-order chi connectivity index (χ0) is 20.4. The van der Waals surface area contributed by atoms with Gasteiger partial charge in [-0.25, -0.2) is 4.98 Å². The summed E-state index contributed by atoms with van der Waals surface area (Å²) in [4.78, 5) is 6.89. The zero-order valence-corrected chi connectivity index (χ0v) is 17.0. The number of nitrogens with zero attached hydrogens (tertiary/aromatic N) is 2. The molecular weight excluding hydrogens is 358 g/mol. The molecule has 148 valence electrons. The van der Waals surface area contributed by atoms with E-state index < -0.39 is 0 Å². The Balaban J connectivity index is 1.57. The molecule has 1 aromatic heterocycles. The first-order valence-electron chi connectivity index (χ1n) is 9.83. The highest BCUT2D eigenvalue weighted by atomic mass is 15.1. The number of pyridine rings is 1. The number of rotatable bonds is 5. The van der Waals surface area contributed by atoms with E-state index in [2.05, 4.69) is 58.4 Å². The Morgan fingerprint density at radius 3 is 2.76 bits per heavy atom. The highest BCUT2D eigenvalue weighted by Crippen LogP contribution is 2.25. The highest BCUT2D eigenvalue weighted by Gasteiger charge is 2.14. The fourth-order valence-electron chi connectivity index (χ4n) is 3.74. The van der Waals surface area contributed by atoms with Gasteiger partial charge in [-0.1, -0.05) is 30.8 Å². The number of fused-ring (bicyclic) bond motifs is 2. The van der Waals surface area contributed by atoms with E-state index in [0.29, 0.717) is 5.70 Å². The van der Waals surface area contributed by atoms with Crippen LogP contribution >= 0.6 is 0 Å². The van der Waals surface area contributed by atoms with Crippen LogP contribution in [0.2, 0.25) is 0 Å². The maximum Gasteiger partial charge on any atom is 0.130 e. The van der Waals surface area contributed by atoms with E-state index in [1.54, 1.807) is 6.20 Å². The molecular formula is C24H27N5. The third-order valence-corrected chi connectivity index (χ3v) is 5.39. The van der Waals surface area contributed by atoms with Gasteiger partial charge in [-0.3, -0.25) is 0 Å². The molecule has 4 rings (SSSR count). The van der Waals surface area contributed by atoms with Crippen molar-refractivity contribution >= 4 is 28.0 Å². The van der Waals surface area contributed by atoms with Crippen LogP contribution in [0.5, 0.6) is 0 Å². The van der Waals surface area contributed by atoms with Crippen molar-refractivity contribution in [3.63, 3.8) is 0 Å². The molecule has 3 aromatic rings. The maximum atomic E-state index is 6.11. The Labute approximate surface area is 171 Å². The van der Waals surface area contributed by atoms with Crippen molar-refractivity contribution in [2.24, 2.45) is 5.73 Å². The van der Waals surface area contributed by atoms with E-state index in [1.165, 1.54) is 11.1 Å². The van der Waals surface area contributed by atoms with E-state index in [9.17, 15) is 0 Å². The minimum Gasteiger partial charge on any atom is -0.397 e. The van der Waals surface area contributed by atoms with Crippen LogP contribution in [-0.2, 0) is 13.0 Å². The van der Waals surface area contributed by atoms with Crippen molar-refractivity contribution in [2.75, 3.05) is 26.0 Å². The number of hydrogen-bond acceptors (Lipinski definition) is 5. The van der Waals surface area contributed by atoms with Crippen LogP contribution in [0.4, 0.5) is 5.82 Å². The average Bonchev–Trinajstić information content (AvgIpc) is 2.73. The monoisotopic (exact) mass is 385 g/mol. The molecule has 0 atom stereocenters. The lowest BCUT2D eigenvalue weighted by Gasteiger charge is -2.25. The van der Waals surface area contributed by atoms with Crippen LogP contribution in [0.25, 0.3) is 22.2 Å². The molecule has 0 bridgehead atoms. The standard InChI is InChI=1S/C24H27N5/c1-16(17-4-7-21-15-29(3)9-8-18(21)10-17)28-24-12-22-11-19(23(25)14-26-2)5-6-20(22)13-27-24/h4-7,10-14,26H,1,8-9,15,25H2,2-3H3,(H,27,28)/b23-14-. The summed E-state index contributed by atoms with van der Waals surface area (Å²) >= 11 is 0. The Bertz CT molecular complexity index is 1100. The van der Waals surface area contributed by atoms with Gasteiger partial charge in [-0.15, -0.1) is 0 Å². The first-order chi connectivity index (χ1) is 14.0. The Morgan fingerprint density at radius 2 is 1.93 bits per heavy atom. The van der Waals surface area contributed by atoms with E-state index in [4.69, 9.17) is 5.73 Å². The first-order valence-corrected chi connectivity index (χ1v) is 9.83. The van der Waals surface area contributed by atoms with Gasteiger partial charge < -0.3 is 21.3 Å². The van der Waals surface area contributed by atoms with Gasteiger partial charge in [0.25, 0.3) is 0 Å². The Kier molecular flexibility index (Phi) is 5.23. The summed E-state index contributed by atoms with van der Waals surface area (Å²) in [6, 6.07) is 14.7. The predicted octanol–water partition coefficient (Wildman–Crippen LogP) is 3.78. The summed E-state index contributed by atoms with van der Waals surface area (Å²) in [5, 5.41) is 8.48. The molecule has 0 unspecified atom stereocenters. The van der Waals surface area contributed by atoms with Crippen molar-refractivity contribution < 1.29 is 0 Å². The highest BCUT2D eigenvalue weighted by molar-refractivity contribution is 5.88. The molecule has 2 heterocycles. The summed E-state index contributed by atoms with van der Waals surface area (Å²) in [7, 11) is 4.00. The van der Waals surface area contributed by atoms with Crippen molar-refractivity contribution in [1.29, 1.82) is 0 Å². The minimum atomic E-state index is 0.699. The molecule has 1 aliphatic rings. The van der Waals surface area contributed by atoms with Crippen LogP contribution in [0.15, 0.2) is 61.4 Å². The van der Waals surface area contributed by atoms with Crippen molar-refractivity contribution in [3.8, 4) is 0 Å². The van der Waals surface area contributed by atoms with Crippen LogP contribution < -0.4 is 16.4 Å². The number of likely N-dealkylation sites (N-methyl/N-ethyl adjacent to an activating group) is 1. The molecule has 0 radical (unpaired) electrons. The van der Waals surface area contributed by atoms with Crippen molar-refractivity contribution in [1.82, 2.24) is 15.2 Å². The topological polar surface area (TPSA) is 66.2 Å². The molecule has 5 heteroatoms. The van der Waals surface area contributed by atoms with E-state index in [1.807, 2.05) is 31.4 Å². The van der Waals surface area contributed by atoms with E-state index in [-0.39, 0.29) is 0 Å². The van der Waals surface area contributed by atoms with Crippen molar-refractivity contribution in [3.05, 3.63) is 83.7 Å². The molecule has 2 aromatic carbocycles. The third kappa shape index (κ3) is 4.10. The van der Waals surface area contributed by atoms with Gasteiger partial charge in [-0.05, 0) is 59.3 Å². The smallest absolute Gasteiger partial charge is 0.130 e. The molecule has 0 amide bonds. The summed E-state index contributed by atoms with van der Waals surface area (Å²) < 4.78 is 0. The lowest BCUT2D eigenvalue weighted by Crippen LogP contribution is -2.26. The fraction of sp³-hybridized carbons (Fsp3) is 0.208. The van der Waals surface area contributed by atoms with Crippen LogP contribution in [0.1, 0.15) is 22.3 Å². The fourth-order valence-corrected chi connectivity index (χ4v) is 3.74. The van der Waals surface area contributed by atoms with Gasteiger partial charge in [0.2, 0.25) is 0 Å². The Morgan fingerprint density at radius 1 is 1.10 bits per heavy atom. The second-order valence-electron chi connectivity index (χ2n) is 7.59. The number of hydrogen-bond donors (Lipinski definition) is 3. The van der Waals surface area contributed by atoms with Crippen LogP contribution in [0, 0.1) is 0 Å². The van der Waals surface area contributed by atoms with E-state index in [0.717, 1.165) is 52.9 Å². The molecule has 5 nitrogen and oxygen atoms in total. The Hall–Kier alpha value is -3.31. The quantitative estimate of drug-likeness (QED) is 0.624. The SMILES string of the molecule is C=C(Nc1cc2cc(/C(N)=C/NC)ccc2cn1)c1ccc2c(c1)CCN(C)C2. The maximum absolute atomic E-state index is 6.11. The predicted molar refractivity (Wildman–Crippen MR) is 122 cm³/mol. The van der Waals surface area contributed by atoms with Gasteiger partial charge >= 0.3 is 0 Å². The summed E-state index contributed by atoms with van der Waals surface area (Å²) in [5.74, 6) is 0.772. The second-order valence-corrected chi connectivity index (χ2v) is 7.59. The lowest BCUT2D eigenvalue weighted by atomic mass is 9.97. The molecule has 0 spiro atoms. The summed E-state index contributed by atoms with van der Waals surface area (Å²) in [5.41, 5.74) is 12.5. The molecule has 0 fully saturated rings. The van der Waals surface area contributed by atoms with Crippen molar-refractivity contribution in [2.45, 2.75) is 13.0 Å². The third-order valence-electron chi connectivity index (χ3n) is 5.39. The molecule has 0 aliphatic carbocycles. The molecule has 4 N–H and O–H groups in total. The van der Waals surface area contributed by atoms with Gasteiger partial charge in [0, 0.05) is 43.6 Å². The second kappa shape index (κ2) is 7.97. The van der Waals surface area contributed by atoms with Gasteiger partial charge in [0.1, 0.15) is 5.82 Å². The first kappa shape index (κ1) is 19.0. The van der Waals surface area contributed by atoms with E-state index >= 15 is 0 Å². The molecule has 0 saturated heterocycles. The van der Waals surface area contributed by atoms with Gasteiger partial charge in [-0.2, -0.15) is 0 Å². The van der Waals surface area contributed by atoms with Crippen LogP contribution in [0.3, 0.4) is 0 Å². The largest absolute Gasteiger partial charge is 0.397 e. The number of aromatic nitrogens is 1. The van der Waals surface area contributed by atoms with Gasteiger partial charge in [0.15, 0.2) is 0 Å². The van der Waals surface area contributed by atoms with Gasteiger partial charge in [0.05, 0.1) is 5.70 Å². The molecule has 1 aliphatic heterocycles. The molecule has 0 saturated carbocycles. The number of nitrogens with two attached hydrogens (primary N) is 1.